The Morgan fingerprint density at radius 1 is 1.08 bits per heavy atom. The fraction of sp³-hybridized carbons (Fsp3) is 0.300. The van der Waals surface area contributed by atoms with Crippen molar-refractivity contribution in [2.24, 2.45) is 0 Å². The van der Waals surface area contributed by atoms with Crippen molar-refractivity contribution in [3.8, 4) is 11.3 Å². The monoisotopic (exact) mass is 347 g/mol. The van der Waals surface area contributed by atoms with Crippen molar-refractivity contribution in [3.05, 3.63) is 66.5 Å². The second-order valence-electron chi connectivity index (χ2n) is 6.29. The predicted molar refractivity (Wildman–Crippen MR) is 99.9 cm³/mol. The van der Waals surface area contributed by atoms with Crippen LogP contribution in [0.5, 0.6) is 0 Å². The fourth-order valence-electron chi connectivity index (χ4n) is 3.05. The van der Waals surface area contributed by atoms with E-state index in [4.69, 9.17) is 4.74 Å². The number of hydrogen-bond acceptors (Lipinski definition) is 6. The van der Waals surface area contributed by atoms with Gasteiger partial charge >= 0.3 is 0 Å². The first-order chi connectivity index (χ1) is 12.9. The molecule has 0 bridgehead atoms. The van der Waals surface area contributed by atoms with E-state index in [-0.39, 0.29) is 0 Å². The first kappa shape index (κ1) is 16.6. The lowest BCUT2D eigenvalue weighted by Gasteiger charge is -2.10. The van der Waals surface area contributed by atoms with E-state index in [1.807, 2.05) is 36.5 Å². The summed E-state index contributed by atoms with van der Waals surface area (Å²) >= 11 is 0. The first-order valence-corrected chi connectivity index (χ1v) is 8.89. The average Bonchev–Trinajstić information content (AvgIpc) is 3.24. The van der Waals surface area contributed by atoms with Gasteiger partial charge in [0.15, 0.2) is 0 Å². The molecule has 3 heterocycles. The van der Waals surface area contributed by atoms with Gasteiger partial charge in [0.05, 0.1) is 18.0 Å². The van der Waals surface area contributed by atoms with Crippen molar-refractivity contribution in [1.82, 2.24) is 19.9 Å². The Hall–Kier alpha value is -2.86. The van der Waals surface area contributed by atoms with Crippen molar-refractivity contribution in [2.75, 3.05) is 25.1 Å². The molecule has 1 atom stereocenters. The molecule has 1 aliphatic heterocycles. The van der Waals surface area contributed by atoms with Crippen LogP contribution in [0, 0.1) is 0 Å². The molecule has 1 fully saturated rings. The number of hydrogen-bond donors (Lipinski definition) is 1. The molecule has 3 aromatic rings. The Morgan fingerprint density at radius 3 is 2.85 bits per heavy atom. The lowest BCUT2D eigenvalue weighted by Crippen LogP contribution is -2.10. The highest BCUT2D eigenvalue weighted by Crippen LogP contribution is 2.24. The maximum absolute atomic E-state index is 5.44. The summed E-state index contributed by atoms with van der Waals surface area (Å²) in [7, 11) is 0. The SMILES string of the molecule is c1ccc(-c2ccnc(CCNc3cc(C4CCOC4)ncn3)n2)cc1. The van der Waals surface area contributed by atoms with Crippen molar-refractivity contribution < 1.29 is 4.74 Å². The van der Waals surface area contributed by atoms with Crippen LogP contribution in [0.1, 0.15) is 23.9 Å². The Morgan fingerprint density at radius 2 is 2.00 bits per heavy atom. The fourth-order valence-corrected chi connectivity index (χ4v) is 3.05. The van der Waals surface area contributed by atoms with Crippen LogP contribution in [0.4, 0.5) is 5.82 Å². The van der Waals surface area contributed by atoms with Crippen LogP contribution >= 0.6 is 0 Å². The van der Waals surface area contributed by atoms with E-state index in [1.165, 1.54) is 0 Å². The topological polar surface area (TPSA) is 72.8 Å². The summed E-state index contributed by atoms with van der Waals surface area (Å²) in [5, 5.41) is 3.34. The highest BCUT2D eigenvalue weighted by atomic mass is 16.5. The van der Waals surface area contributed by atoms with E-state index in [2.05, 4.69) is 37.4 Å². The Bertz CT molecular complexity index is 850. The number of benzene rings is 1. The summed E-state index contributed by atoms with van der Waals surface area (Å²) in [4.78, 5) is 17.7. The number of ether oxygens (including phenoxy) is 1. The lowest BCUT2D eigenvalue weighted by atomic mass is 10.1. The Labute approximate surface area is 152 Å². The quantitative estimate of drug-likeness (QED) is 0.739. The van der Waals surface area contributed by atoms with Crippen molar-refractivity contribution in [1.29, 1.82) is 0 Å². The first-order valence-electron chi connectivity index (χ1n) is 8.89. The van der Waals surface area contributed by atoms with Crippen molar-refractivity contribution >= 4 is 5.82 Å². The molecule has 26 heavy (non-hydrogen) atoms. The number of aromatic nitrogens is 4. The molecule has 1 unspecified atom stereocenters. The van der Waals surface area contributed by atoms with Gasteiger partial charge in [0.25, 0.3) is 0 Å². The minimum Gasteiger partial charge on any atom is -0.381 e. The van der Waals surface area contributed by atoms with Crippen LogP contribution in [0.3, 0.4) is 0 Å². The minimum atomic E-state index is 0.379. The standard InChI is InChI=1S/C20H21N5O/c1-2-4-15(5-3-1)17-6-9-21-19(25-17)7-10-22-20-12-18(23-14-24-20)16-8-11-26-13-16/h1-6,9,12,14,16H,7-8,10-11,13H2,(H,22,23,24). The third-order valence-electron chi connectivity index (χ3n) is 4.47. The van der Waals surface area contributed by atoms with E-state index in [0.29, 0.717) is 5.92 Å². The summed E-state index contributed by atoms with van der Waals surface area (Å²) in [6.07, 6.45) is 5.18. The molecule has 4 rings (SSSR count). The summed E-state index contributed by atoms with van der Waals surface area (Å²) in [5.41, 5.74) is 3.09. The van der Waals surface area contributed by atoms with Crippen LogP contribution in [0.25, 0.3) is 11.3 Å². The number of anilines is 1. The van der Waals surface area contributed by atoms with Gasteiger partial charge in [0.1, 0.15) is 18.0 Å². The van der Waals surface area contributed by atoms with Gasteiger partial charge in [-0.15, -0.1) is 0 Å². The summed E-state index contributed by atoms with van der Waals surface area (Å²) in [6, 6.07) is 14.1. The van der Waals surface area contributed by atoms with Gasteiger partial charge in [-0.05, 0) is 12.5 Å². The number of rotatable bonds is 6. The predicted octanol–water partition coefficient (Wildman–Crippen LogP) is 3.09. The smallest absolute Gasteiger partial charge is 0.130 e. The zero-order valence-electron chi connectivity index (χ0n) is 14.5. The molecule has 132 valence electrons. The van der Waals surface area contributed by atoms with Crippen LogP contribution in [-0.4, -0.2) is 39.7 Å². The number of nitrogens with one attached hydrogen (secondary N) is 1. The van der Waals surface area contributed by atoms with E-state index in [9.17, 15) is 0 Å². The molecule has 0 saturated carbocycles. The molecule has 2 aromatic heterocycles. The van der Waals surface area contributed by atoms with Crippen LogP contribution in [-0.2, 0) is 11.2 Å². The molecule has 0 aliphatic carbocycles. The highest BCUT2D eigenvalue weighted by Gasteiger charge is 2.19. The zero-order valence-corrected chi connectivity index (χ0v) is 14.5. The normalized spacial score (nSPS) is 16.5. The molecule has 1 aromatic carbocycles. The second-order valence-corrected chi connectivity index (χ2v) is 6.29. The molecular formula is C20H21N5O. The van der Waals surface area contributed by atoms with Gasteiger partial charge in [0, 0.05) is 43.3 Å². The summed E-state index contributed by atoms with van der Waals surface area (Å²) in [6.45, 7) is 2.28. The van der Waals surface area contributed by atoms with E-state index in [0.717, 1.165) is 61.2 Å². The van der Waals surface area contributed by atoms with Gasteiger partial charge in [0.2, 0.25) is 0 Å². The Kier molecular flexibility index (Phi) is 5.12. The molecule has 0 radical (unpaired) electrons. The summed E-state index contributed by atoms with van der Waals surface area (Å²) < 4.78 is 5.44. The largest absolute Gasteiger partial charge is 0.381 e. The zero-order chi connectivity index (χ0) is 17.6. The molecule has 1 saturated heterocycles. The van der Waals surface area contributed by atoms with Gasteiger partial charge < -0.3 is 10.1 Å². The van der Waals surface area contributed by atoms with Gasteiger partial charge in [-0.3, -0.25) is 0 Å². The Balaban J connectivity index is 1.37. The second kappa shape index (κ2) is 8.01. The average molecular weight is 347 g/mol. The van der Waals surface area contributed by atoms with E-state index < -0.39 is 0 Å². The molecule has 6 heteroatoms. The third-order valence-corrected chi connectivity index (χ3v) is 4.47. The maximum atomic E-state index is 5.44. The summed E-state index contributed by atoms with van der Waals surface area (Å²) in [5.74, 6) is 2.03. The highest BCUT2D eigenvalue weighted by molar-refractivity contribution is 5.58. The lowest BCUT2D eigenvalue weighted by molar-refractivity contribution is 0.193. The maximum Gasteiger partial charge on any atom is 0.130 e. The van der Waals surface area contributed by atoms with Crippen LogP contribution in [0.2, 0.25) is 0 Å². The van der Waals surface area contributed by atoms with Crippen molar-refractivity contribution in [2.45, 2.75) is 18.8 Å². The van der Waals surface area contributed by atoms with Gasteiger partial charge in [-0.25, -0.2) is 19.9 Å². The molecular weight excluding hydrogens is 326 g/mol. The van der Waals surface area contributed by atoms with E-state index >= 15 is 0 Å². The van der Waals surface area contributed by atoms with Gasteiger partial charge in [-0.2, -0.15) is 0 Å². The molecule has 1 aliphatic rings. The van der Waals surface area contributed by atoms with E-state index in [1.54, 1.807) is 6.33 Å². The minimum absolute atomic E-state index is 0.379. The molecule has 1 N–H and O–H groups in total. The van der Waals surface area contributed by atoms with Crippen LogP contribution in [0.15, 0.2) is 55.0 Å². The molecule has 6 nitrogen and oxygen atoms in total. The number of nitrogens with zero attached hydrogens (tertiary/aromatic N) is 4. The van der Waals surface area contributed by atoms with Gasteiger partial charge in [-0.1, -0.05) is 30.3 Å². The van der Waals surface area contributed by atoms with Crippen molar-refractivity contribution in [3.63, 3.8) is 0 Å². The van der Waals surface area contributed by atoms with Crippen LogP contribution < -0.4 is 5.32 Å². The third kappa shape index (κ3) is 4.03. The molecule has 0 spiro atoms. The molecule has 0 amide bonds.